The first-order chi connectivity index (χ1) is 17.1. The Bertz CT molecular complexity index is 1360. The molecule has 2 amide bonds. The maximum absolute atomic E-state index is 13.4. The van der Waals surface area contributed by atoms with Gasteiger partial charge in [-0.05, 0) is 42.3 Å². The van der Waals surface area contributed by atoms with Crippen LogP contribution in [-0.4, -0.2) is 57.8 Å². The van der Waals surface area contributed by atoms with Crippen molar-refractivity contribution in [3.8, 4) is 0 Å². The lowest BCUT2D eigenvalue weighted by molar-refractivity contribution is 0.0737. The number of fused-ring (bicyclic) bond motifs is 1. The second kappa shape index (κ2) is 10.1. The van der Waals surface area contributed by atoms with Crippen molar-refractivity contribution >= 4 is 28.4 Å². The molecule has 0 unspecified atom stereocenters. The first kappa shape index (κ1) is 22.7. The van der Waals surface area contributed by atoms with Gasteiger partial charge in [0.05, 0.1) is 30.5 Å². The molecule has 2 aromatic heterocycles. The summed E-state index contributed by atoms with van der Waals surface area (Å²) in [6, 6.07) is 17.2. The number of hydrogen-bond donors (Lipinski definition) is 1. The number of anilines is 1. The summed E-state index contributed by atoms with van der Waals surface area (Å²) in [6.07, 6.45) is 5.75. The molecule has 0 bridgehead atoms. The zero-order valence-corrected chi connectivity index (χ0v) is 19.6. The second-order valence-corrected chi connectivity index (χ2v) is 8.82. The molecular weight excluding hydrogens is 442 g/mol. The number of rotatable bonds is 5. The van der Waals surface area contributed by atoms with E-state index in [0.717, 1.165) is 17.3 Å². The van der Waals surface area contributed by atoms with Crippen LogP contribution in [0.4, 0.5) is 5.69 Å². The molecule has 8 nitrogen and oxygen atoms in total. The Kier molecular flexibility index (Phi) is 6.54. The molecule has 0 radical (unpaired) electrons. The number of benzene rings is 2. The van der Waals surface area contributed by atoms with Crippen LogP contribution in [0.15, 0.2) is 73.2 Å². The minimum atomic E-state index is -0.268. The highest BCUT2D eigenvalue weighted by molar-refractivity contribution is 6.04. The van der Waals surface area contributed by atoms with Crippen LogP contribution in [0.1, 0.15) is 26.3 Å². The zero-order chi connectivity index (χ0) is 24.2. The highest BCUT2D eigenvalue weighted by Gasteiger charge is 2.24. The number of ether oxygens (including phenoxy) is 1. The van der Waals surface area contributed by atoms with Crippen LogP contribution in [0.2, 0.25) is 0 Å². The molecule has 1 N–H and O–H groups in total. The van der Waals surface area contributed by atoms with Gasteiger partial charge in [0.2, 0.25) is 0 Å². The number of carbonyl (C=O) groups excluding carboxylic acids is 2. The number of aryl methyl sites for hydroxylation is 1. The third kappa shape index (κ3) is 5.22. The zero-order valence-electron chi connectivity index (χ0n) is 19.6. The van der Waals surface area contributed by atoms with Crippen LogP contribution in [0, 0.1) is 5.92 Å². The van der Waals surface area contributed by atoms with E-state index in [4.69, 9.17) is 4.74 Å². The summed E-state index contributed by atoms with van der Waals surface area (Å²) in [5.74, 6) is -0.172. The Hall–Kier alpha value is -4.04. The Labute approximate surface area is 203 Å². The van der Waals surface area contributed by atoms with Crippen LogP contribution in [-0.2, 0) is 18.2 Å². The Balaban J connectivity index is 1.30. The average molecular weight is 470 g/mol. The van der Waals surface area contributed by atoms with E-state index in [1.54, 1.807) is 48.4 Å². The molecule has 1 aliphatic rings. The third-order valence-corrected chi connectivity index (χ3v) is 6.20. The molecule has 1 atom stereocenters. The smallest absolute Gasteiger partial charge is 0.258 e. The van der Waals surface area contributed by atoms with Crippen molar-refractivity contribution in [3.05, 3.63) is 89.9 Å². The lowest BCUT2D eigenvalue weighted by Gasteiger charge is -2.24. The number of aromatic nitrogens is 3. The summed E-state index contributed by atoms with van der Waals surface area (Å²) in [4.78, 5) is 32.2. The van der Waals surface area contributed by atoms with Gasteiger partial charge in [-0.2, -0.15) is 5.10 Å². The predicted molar refractivity (Wildman–Crippen MR) is 133 cm³/mol. The van der Waals surface area contributed by atoms with Crippen molar-refractivity contribution in [2.24, 2.45) is 13.0 Å². The fourth-order valence-corrected chi connectivity index (χ4v) is 4.50. The molecule has 1 aliphatic heterocycles. The first-order valence-electron chi connectivity index (χ1n) is 11.7. The molecule has 0 aliphatic carbocycles. The molecule has 4 aromatic rings. The van der Waals surface area contributed by atoms with Gasteiger partial charge < -0.3 is 15.0 Å². The maximum atomic E-state index is 13.4. The van der Waals surface area contributed by atoms with Crippen LogP contribution in [0.25, 0.3) is 10.9 Å². The van der Waals surface area contributed by atoms with Crippen molar-refractivity contribution in [1.29, 1.82) is 0 Å². The topological polar surface area (TPSA) is 89.4 Å². The summed E-state index contributed by atoms with van der Waals surface area (Å²) >= 11 is 0. The van der Waals surface area contributed by atoms with E-state index in [1.165, 1.54) is 11.8 Å². The Morgan fingerprint density at radius 3 is 2.86 bits per heavy atom. The molecule has 0 saturated carbocycles. The van der Waals surface area contributed by atoms with Crippen molar-refractivity contribution in [2.45, 2.75) is 6.42 Å². The standard InChI is InChI=1S/C27H27N5O3/c1-31-17-22(15-29-31)26(33)30-23-7-2-6-21(14-23)27(34)32-11-12-35-18-19(16-32)13-20-5-3-9-25-24(20)8-4-10-28-25/h2-10,14-15,17,19H,11-13,16,18H2,1H3,(H,30,33)/t19-/m1/s1. The number of nitrogens with one attached hydrogen (secondary N) is 1. The molecule has 3 heterocycles. The van der Waals surface area contributed by atoms with Crippen molar-refractivity contribution < 1.29 is 14.3 Å². The molecule has 8 heteroatoms. The lowest BCUT2D eigenvalue weighted by atomic mass is 9.96. The van der Waals surface area contributed by atoms with Crippen LogP contribution in [0.5, 0.6) is 0 Å². The van der Waals surface area contributed by atoms with Gasteiger partial charge in [0.25, 0.3) is 11.8 Å². The highest BCUT2D eigenvalue weighted by Crippen LogP contribution is 2.22. The van der Waals surface area contributed by atoms with Crippen molar-refractivity contribution in [2.75, 3.05) is 31.6 Å². The lowest BCUT2D eigenvalue weighted by Crippen LogP contribution is -2.36. The Morgan fingerprint density at radius 2 is 2.00 bits per heavy atom. The number of pyridine rings is 1. The number of carbonyl (C=O) groups is 2. The molecule has 1 fully saturated rings. The van der Waals surface area contributed by atoms with Gasteiger partial charge in [-0.25, -0.2) is 0 Å². The largest absolute Gasteiger partial charge is 0.379 e. The minimum Gasteiger partial charge on any atom is -0.379 e. The number of nitrogens with zero attached hydrogens (tertiary/aromatic N) is 4. The number of hydrogen-bond acceptors (Lipinski definition) is 5. The second-order valence-electron chi connectivity index (χ2n) is 8.82. The predicted octanol–water partition coefficient (Wildman–Crippen LogP) is 3.55. The summed E-state index contributed by atoms with van der Waals surface area (Å²) in [5, 5.41) is 8.01. The minimum absolute atomic E-state index is 0.0717. The summed E-state index contributed by atoms with van der Waals surface area (Å²) in [5.41, 5.74) is 3.73. The van der Waals surface area contributed by atoms with Gasteiger partial charge in [-0.1, -0.05) is 24.3 Å². The quantitative estimate of drug-likeness (QED) is 0.483. The average Bonchev–Trinajstić information content (AvgIpc) is 3.18. The molecule has 1 saturated heterocycles. The normalized spacial score (nSPS) is 16.1. The number of amides is 2. The fraction of sp³-hybridized carbons (Fsp3) is 0.259. The van der Waals surface area contributed by atoms with E-state index in [-0.39, 0.29) is 17.7 Å². The molecule has 2 aromatic carbocycles. The summed E-state index contributed by atoms with van der Waals surface area (Å²) in [6.45, 7) is 2.22. The van der Waals surface area contributed by atoms with Crippen LogP contribution < -0.4 is 5.32 Å². The van der Waals surface area contributed by atoms with Crippen LogP contribution in [0.3, 0.4) is 0 Å². The monoisotopic (exact) mass is 469 g/mol. The summed E-state index contributed by atoms with van der Waals surface area (Å²) in [7, 11) is 1.76. The van der Waals surface area contributed by atoms with Gasteiger partial charge in [0.15, 0.2) is 0 Å². The van der Waals surface area contributed by atoms with E-state index in [2.05, 4.69) is 27.5 Å². The molecule has 35 heavy (non-hydrogen) atoms. The van der Waals surface area contributed by atoms with E-state index in [9.17, 15) is 9.59 Å². The molecule has 0 spiro atoms. The van der Waals surface area contributed by atoms with Crippen molar-refractivity contribution in [1.82, 2.24) is 19.7 Å². The van der Waals surface area contributed by atoms with Gasteiger partial charge in [-0.3, -0.25) is 19.3 Å². The Morgan fingerprint density at radius 1 is 1.11 bits per heavy atom. The molecular formula is C27H27N5O3. The van der Waals surface area contributed by atoms with E-state index < -0.39 is 0 Å². The van der Waals surface area contributed by atoms with Gasteiger partial charge >= 0.3 is 0 Å². The van der Waals surface area contributed by atoms with E-state index >= 15 is 0 Å². The first-order valence-corrected chi connectivity index (χ1v) is 11.7. The fourth-order valence-electron chi connectivity index (χ4n) is 4.50. The maximum Gasteiger partial charge on any atom is 0.258 e. The molecule has 5 rings (SSSR count). The van der Waals surface area contributed by atoms with Crippen molar-refractivity contribution in [3.63, 3.8) is 0 Å². The van der Waals surface area contributed by atoms with Gasteiger partial charge in [0.1, 0.15) is 0 Å². The summed E-state index contributed by atoms with van der Waals surface area (Å²) < 4.78 is 7.43. The third-order valence-electron chi connectivity index (χ3n) is 6.20. The van der Waals surface area contributed by atoms with E-state index in [1.807, 2.05) is 23.1 Å². The van der Waals surface area contributed by atoms with E-state index in [0.29, 0.717) is 43.1 Å². The van der Waals surface area contributed by atoms with Gasteiger partial charge in [-0.15, -0.1) is 0 Å². The molecule has 178 valence electrons. The van der Waals surface area contributed by atoms with Crippen LogP contribution >= 0.6 is 0 Å². The SMILES string of the molecule is Cn1cc(C(=O)Nc2cccc(C(=O)N3CCOC[C@H](Cc4cccc5ncccc45)C3)c2)cn1. The highest BCUT2D eigenvalue weighted by atomic mass is 16.5. The van der Waals surface area contributed by atoms with Gasteiger partial charge in [0, 0.05) is 55.1 Å².